The highest BCUT2D eigenvalue weighted by molar-refractivity contribution is 6.34. The predicted octanol–water partition coefficient (Wildman–Crippen LogP) is 2.52. The van der Waals surface area contributed by atoms with Gasteiger partial charge >= 0.3 is 5.97 Å². The van der Waals surface area contributed by atoms with Gasteiger partial charge < -0.3 is 19.1 Å². The number of carbonyl (C=O) groups excluding carboxylic acids is 1. The van der Waals surface area contributed by atoms with Gasteiger partial charge in [-0.2, -0.15) is 0 Å². The molecular formula is C13H10ClNO6. The molecule has 0 bridgehead atoms. The summed E-state index contributed by atoms with van der Waals surface area (Å²) < 4.78 is 15.3. The number of nitrogens with zero attached hydrogens (tertiary/aromatic N) is 1. The maximum absolute atomic E-state index is 11.0. The van der Waals surface area contributed by atoms with Crippen LogP contribution in [0.25, 0.3) is 11.3 Å². The largest absolute Gasteiger partial charge is 0.492 e. The Kier molecular flexibility index (Phi) is 4.13. The number of carbonyl (C=O) groups is 2. The summed E-state index contributed by atoms with van der Waals surface area (Å²) in [7, 11) is 2.73. The molecule has 2 rings (SSSR count). The third-order valence-electron chi connectivity index (χ3n) is 2.73. The van der Waals surface area contributed by atoms with E-state index in [1.807, 2.05) is 0 Å². The molecule has 0 aliphatic rings. The topological polar surface area (TPSA) is 98.9 Å². The predicted molar refractivity (Wildman–Crippen MR) is 72.4 cm³/mol. The molecule has 1 aromatic carbocycles. The van der Waals surface area contributed by atoms with E-state index in [0.717, 1.165) is 0 Å². The van der Waals surface area contributed by atoms with Crippen LogP contribution >= 0.6 is 11.6 Å². The molecule has 0 unspecified atom stereocenters. The van der Waals surface area contributed by atoms with Gasteiger partial charge in [-0.15, -0.1) is 0 Å². The van der Waals surface area contributed by atoms with E-state index in [1.165, 1.54) is 26.4 Å². The van der Waals surface area contributed by atoms with Crippen molar-refractivity contribution in [1.82, 2.24) is 5.16 Å². The van der Waals surface area contributed by atoms with Gasteiger partial charge in [-0.05, 0) is 6.07 Å². The molecule has 0 aliphatic heterocycles. The molecule has 21 heavy (non-hydrogen) atoms. The highest BCUT2D eigenvalue weighted by atomic mass is 35.5. The third-order valence-corrected chi connectivity index (χ3v) is 3.03. The monoisotopic (exact) mass is 311 g/mol. The number of halogens is 1. The summed E-state index contributed by atoms with van der Waals surface area (Å²) in [6.07, 6.45) is 0.570. The zero-order valence-corrected chi connectivity index (χ0v) is 11.8. The molecule has 1 N–H and O–H groups in total. The van der Waals surface area contributed by atoms with E-state index >= 15 is 0 Å². The molecule has 0 fully saturated rings. The fourth-order valence-electron chi connectivity index (χ4n) is 1.84. The Morgan fingerprint density at radius 3 is 2.48 bits per heavy atom. The van der Waals surface area contributed by atoms with Crippen molar-refractivity contribution in [2.45, 2.75) is 0 Å². The lowest BCUT2D eigenvalue weighted by Crippen LogP contribution is -1.98. The van der Waals surface area contributed by atoms with Gasteiger partial charge in [0, 0.05) is 6.07 Å². The van der Waals surface area contributed by atoms with E-state index in [2.05, 4.69) is 5.16 Å². The summed E-state index contributed by atoms with van der Waals surface area (Å²) in [5.41, 5.74) is 0.171. The maximum atomic E-state index is 11.0. The molecule has 0 radical (unpaired) electrons. The molecule has 0 saturated heterocycles. The van der Waals surface area contributed by atoms with E-state index < -0.39 is 5.97 Å². The van der Waals surface area contributed by atoms with Crippen molar-refractivity contribution in [1.29, 1.82) is 0 Å². The first-order chi connectivity index (χ1) is 10.0. The van der Waals surface area contributed by atoms with Crippen molar-refractivity contribution in [2.24, 2.45) is 0 Å². The maximum Gasteiger partial charge on any atom is 0.358 e. The zero-order chi connectivity index (χ0) is 15.6. The average molecular weight is 312 g/mol. The highest BCUT2D eigenvalue weighted by Crippen LogP contribution is 2.44. The third kappa shape index (κ3) is 2.55. The summed E-state index contributed by atoms with van der Waals surface area (Å²) in [4.78, 5) is 21.9. The molecule has 0 amide bonds. The molecule has 0 spiro atoms. The van der Waals surface area contributed by atoms with E-state index in [4.69, 9.17) is 30.7 Å². The normalized spacial score (nSPS) is 10.2. The summed E-state index contributed by atoms with van der Waals surface area (Å²) in [6, 6.07) is 2.57. The van der Waals surface area contributed by atoms with Crippen molar-refractivity contribution in [3.05, 3.63) is 28.4 Å². The zero-order valence-electron chi connectivity index (χ0n) is 11.0. The summed E-state index contributed by atoms with van der Waals surface area (Å²) in [5, 5.41) is 12.4. The second-order valence-electron chi connectivity index (χ2n) is 3.89. The molecule has 0 atom stereocenters. The van der Waals surface area contributed by atoms with Crippen LogP contribution in [0.15, 0.2) is 16.7 Å². The number of rotatable bonds is 5. The Hall–Kier alpha value is -2.54. The van der Waals surface area contributed by atoms with Crippen LogP contribution in [0.1, 0.15) is 20.8 Å². The smallest absolute Gasteiger partial charge is 0.358 e. The summed E-state index contributed by atoms with van der Waals surface area (Å²) in [6.45, 7) is 0. The van der Waals surface area contributed by atoms with Gasteiger partial charge in [0.2, 0.25) is 0 Å². The first kappa shape index (κ1) is 14.9. The molecule has 1 aromatic heterocycles. The average Bonchev–Trinajstić information content (AvgIpc) is 2.95. The number of hydrogen-bond donors (Lipinski definition) is 1. The Morgan fingerprint density at radius 2 is 2.00 bits per heavy atom. The number of carboxylic acids is 1. The molecule has 8 heteroatoms. The summed E-state index contributed by atoms with van der Waals surface area (Å²) >= 11 is 6.11. The minimum atomic E-state index is -1.24. The molecule has 0 aliphatic carbocycles. The first-order valence-corrected chi connectivity index (χ1v) is 6.01. The molecule has 2 aromatic rings. The number of methoxy groups -OCH3 is 2. The first-order valence-electron chi connectivity index (χ1n) is 5.63. The Balaban J connectivity index is 2.72. The van der Waals surface area contributed by atoms with Crippen molar-refractivity contribution < 1.29 is 28.7 Å². The Bertz CT molecular complexity index is 709. The lowest BCUT2D eigenvalue weighted by atomic mass is 10.1. The lowest BCUT2D eigenvalue weighted by molar-refractivity contribution is 0.0685. The molecule has 7 nitrogen and oxygen atoms in total. The lowest BCUT2D eigenvalue weighted by Gasteiger charge is -2.14. The molecule has 110 valence electrons. The number of hydrogen-bond acceptors (Lipinski definition) is 6. The molecule has 1 heterocycles. The fourth-order valence-corrected chi connectivity index (χ4v) is 2.14. The number of aromatic carboxylic acids is 1. The van der Waals surface area contributed by atoms with Crippen molar-refractivity contribution in [3.8, 4) is 22.8 Å². The number of carboxylic acid groups (broad SMARTS) is 1. The Labute approximate surface area is 124 Å². The summed E-state index contributed by atoms with van der Waals surface area (Å²) in [5.74, 6) is -0.832. The Morgan fingerprint density at radius 1 is 1.33 bits per heavy atom. The molecular weight excluding hydrogens is 302 g/mol. The van der Waals surface area contributed by atoms with Crippen LogP contribution in [0, 0.1) is 0 Å². The van der Waals surface area contributed by atoms with Crippen LogP contribution in [0.4, 0.5) is 0 Å². The van der Waals surface area contributed by atoms with E-state index in [-0.39, 0.29) is 39.1 Å². The highest BCUT2D eigenvalue weighted by Gasteiger charge is 2.24. The fraction of sp³-hybridized carbons (Fsp3) is 0.154. The van der Waals surface area contributed by atoms with Crippen LogP contribution in [0.3, 0.4) is 0 Å². The van der Waals surface area contributed by atoms with Gasteiger partial charge in [-0.1, -0.05) is 16.8 Å². The quantitative estimate of drug-likeness (QED) is 0.847. The number of ether oxygens (including phenoxy) is 2. The molecule has 0 saturated carbocycles. The number of aldehydes is 1. The van der Waals surface area contributed by atoms with Gasteiger partial charge in [0.1, 0.15) is 0 Å². The second kappa shape index (κ2) is 5.84. The van der Waals surface area contributed by atoms with Gasteiger partial charge in [0.15, 0.2) is 29.2 Å². The van der Waals surface area contributed by atoms with Gasteiger partial charge in [0.25, 0.3) is 0 Å². The van der Waals surface area contributed by atoms with Crippen LogP contribution < -0.4 is 9.47 Å². The minimum Gasteiger partial charge on any atom is -0.492 e. The van der Waals surface area contributed by atoms with Gasteiger partial charge in [-0.25, -0.2) is 4.79 Å². The SMILES string of the molecule is COc1c(C=O)cc(Cl)c(-c2cc(C(=O)O)no2)c1OC. The van der Waals surface area contributed by atoms with Crippen LogP contribution in [-0.2, 0) is 0 Å². The second-order valence-corrected chi connectivity index (χ2v) is 4.30. The van der Waals surface area contributed by atoms with Crippen molar-refractivity contribution in [3.63, 3.8) is 0 Å². The van der Waals surface area contributed by atoms with E-state index in [9.17, 15) is 9.59 Å². The standard InChI is InChI=1S/C13H10ClNO6/c1-19-11-6(5-16)3-7(14)10(12(11)20-2)9-4-8(13(17)18)15-21-9/h3-5H,1-2H3,(H,17,18). The van der Waals surface area contributed by atoms with Crippen LogP contribution in [-0.4, -0.2) is 36.7 Å². The van der Waals surface area contributed by atoms with Crippen molar-refractivity contribution >= 4 is 23.9 Å². The van der Waals surface area contributed by atoms with Crippen LogP contribution in [0.2, 0.25) is 5.02 Å². The minimum absolute atomic E-state index is 0.0880. The number of benzene rings is 1. The van der Waals surface area contributed by atoms with Gasteiger partial charge in [0.05, 0.1) is 30.4 Å². The number of aromatic nitrogens is 1. The van der Waals surface area contributed by atoms with E-state index in [1.54, 1.807) is 0 Å². The van der Waals surface area contributed by atoms with E-state index in [0.29, 0.717) is 6.29 Å². The van der Waals surface area contributed by atoms with Gasteiger partial charge in [-0.3, -0.25) is 4.79 Å². The van der Waals surface area contributed by atoms with Crippen LogP contribution in [0.5, 0.6) is 11.5 Å². The van der Waals surface area contributed by atoms with Crippen molar-refractivity contribution in [2.75, 3.05) is 14.2 Å².